The number of aryl methyl sites for hydroxylation is 1. The molecule has 0 saturated carbocycles. The van der Waals surface area contributed by atoms with E-state index in [2.05, 4.69) is 10.4 Å². The Bertz CT molecular complexity index is 567. The van der Waals surface area contributed by atoms with Gasteiger partial charge in [-0.05, 0) is 24.6 Å². The van der Waals surface area contributed by atoms with Gasteiger partial charge in [0.15, 0.2) is 0 Å². The van der Waals surface area contributed by atoms with Crippen LogP contribution in [0.25, 0.3) is 0 Å². The molecule has 0 bridgehead atoms. The lowest BCUT2D eigenvalue weighted by Crippen LogP contribution is -2.13. The number of methoxy groups -OCH3 is 1. The number of nitrogens with zero attached hydrogens (tertiary/aromatic N) is 2. The minimum atomic E-state index is -0.0611. The second-order valence-corrected chi connectivity index (χ2v) is 4.37. The minimum absolute atomic E-state index is 0.0611. The Morgan fingerprint density at radius 1 is 1.50 bits per heavy atom. The molecule has 106 valence electrons. The third-order valence-corrected chi connectivity index (χ3v) is 2.88. The SMILES string of the molecule is COc1ccc(NC(=O)CCCn2cccn2)c(N)c1. The summed E-state index contributed by atoms with van der Waals surface area (Å²) in [7, 11) is 1.57. The minimum Gasteiger partial charge on any atom is -0.497 e. The number of nitrogens with one attached hydrogen (secondary N) is 1. The number of carbonyl (C=O) groups excluding carboxylic acids is 1. The van der Waals surface area contributed by atoms with E-state index < -0.39 is 0 Å². The van der Waals surface area contributed by atoms with E-state index in [0.717, 1.165) is 13.0 Å². The van der Waals surface area contributed by atoms with Crippen LogP contribution in [0, 0.1) is 0 Å². The molecule has 1 aromatic heterocycles. The number of benzene rings is 1. The van der Waals surface area contributed by atoms with Crippen LogP contribution < -0.4 is 15.8 Å². The number of amides is 1. The Balaban J connectivity index is 1.82. The number of hydrogen-bond acceptors (Lipinski definition) is 4. The van der Waals surface area contributed by atoms with Gasteiger partial charge < -0.3 is 15.8 Å². The van der Waals surface area contributed by atoms with Gasteiger partial charge in [-0.3, -0.25) is 9.48 Å². The van der Waals surface area contributed by atoms with Crippen molar-refractivity contribution in [1.82, 2.24) is 9.78 Å². The van der Waals surface area contributed by atoms with Gasteiger partial charge in [0, 0.05) is 31.4 Å². The van der Waals surface area contributed by atoms with Crippen LogP contribution in [0.1, 0.15) is 12.8 Å². The largest absolute Gasteiger partial charge is 0.497 e. The Kier molecular flexibility index (Phi) is 4.60. The second kappa shape index (κ2) is 6.60. The van der Waals surface area contributed by atoms with Gasteiger partial charge >= 0.3 is 0 Å². The number of nitrogen functional groups attached to an aromatic ring is 1. The lowest BCUT2D eigenvalue weighted by atomic mass is 10.2. The van der Waals surface area contributed by atoms with Crippen LogP contribution in [-0.2, 0) is 11.3 Å². The first kappa shape index (κ1) is 13.9. The average molecular weight is 274 g/mol. The van der Waals surface area contributed by atoms with Crippen molar-refractivity contribution in [1.29, 1.82) is 0 Å². The Labute approximate surface area is 117 Å². The molecular formula is C14H18N4O2. The third kappa shape index (κ3) is 3.74. The molecule has 1 amide bonds. The van der Waals surface area contributed by atoms with Gasteiger partial charge in [0.05, 0.1) is 18.5 Å². The van der Waals surface area contributed by atoms with Crippen molar-refractivity contribution in [2.45, 2.75) is 19.4 Å². The van der Waals surface area contributed by atoms with Gasteiger partial charge in [-0.15, -0.1) is 0 Å². The second-order valence-electron chi connectivity index (χ2n) is 4.37. The van der Waals surface area contributed by atoms with Crippen LogP contribution in [0.4, 0.5) is 11.4 Å². The molecule has 0 atom stereocenters. The monoisotopic (exact) mass is 274 g/mol. The van der Waals surface area contributed by atoms with Crippen LogP contribution in [0.5, 0.6) is 5.75 Å². The smallest absolute Gasteiger partial charge is 0.224 e. The molecule has 0 spiro atoms. The molecule has 2 rings (SSSR count). The molecule has 0 saturated heterocycles. The van der Waals surface area contributed by atoms with Gasteiger partial charge in [-0.25, -0.2) is 0 Å². The number of anilines is 2. The number of rotatable bonds is 6. The summed E-state index contributed by atoms with van der Waals surface area (Å²) in [5.41, 5.74) is 6.94. The summed E-state index contributed by atoms with van der Waals surface area (Å²) in [5.74, 6) is 0.605. The van der Waals surface area contributed by atoms with Crippen molar-refractivity contribution in [3.63, 3.8) is 0 Å². The summed E-state index contributed by atoms with van der Waals surface area (Å²) >= 11 is 0. The summed E-state index contributed by atoms with van der Waals surface area (Å²) in [6.07, 6.45) is 4.74. The number of nitrogens with two attached hydrogens (primary N) is 1. The van der Waals surface area contributed by atoms with E-state index in [1.54, 1.807) is 36.2 Å². The topological polar surface area (TPSA) is 82.2 Å². The number of ether oxygens (including phenoxy) is 1. The van der Waals surface area contributed by atoms with Gasteiger partial charge in [-0.1, -0.05) is 0 Å². The van der Waals surface area contributed by atoms with Crippen LogP contribution >= 0.6 is 0 Å². The number of carbonyl (C=O) groups is 1. The summed E-state index contributed by atoms with van der Waals surface area (Å²) in [5, 5.41) is 6.87. The maximum Gasteiger partial charge on any atom is 0.224 e. The van der Waals surface area contributed by atoms with E-state index in [9.17, 15) is 4.79 Å². The highest BCUT2D eigenvalue weighted by atomic mass is 16.5. The molecule has 0 unspecified atom stereocenters. The fourth-order valence-corrected chi connectivity index (χ4v) is 1.83. The van der Waals surface area contributed by atoms with E-state index >= 15 is 0 Å². The molecule has 1 aromatic carbocycles. The zero-order valence-electron chi connectivity index (χ0n) is 11.4. The molecule has 6 nitrogen and oxygen atoms in total. The first-order chi connectivity index (χ1) is 9.69. The average Bonchev–Trinajstić information content (AvgIpc) is 2.94. The summed E-state index contributed by atoms with van der Waals surface area (Å²) in [4.78, 5) is 11.8. The van der Waals surface area contributed by atoms with E-state index in [1.807, 2.05) is 12.3 Å². The predicted molar refractivity (Wildman–Crippen MR) is 77.5 cm³/mol. The quantitative estimate of drug-likeness (QED) is 0.788. The fraction of sp³-hybridized carbons (Fsp3) is 0.286. The van der Waals surface area contributed by atoms with Crippen molar-refractivity contribution >= 4 is 17.3 Å². The summed E-state index contributed by atoms with van der Waals surface area (Å²) < 4.78 is 6.86. The lowest BCUT2D eigenvalue weighted by molar-refractivity contribution is -0.116. The highest BCUT2D eigenvalue weighted by molar-refractivity contribution is 5.93. The highest BCUT2D eigenvalue weighted by Crippen LogP contribution is 2.24. The molecule has 3 N–H and O–H groups in total. The van der Waals surface area contributed by atoms with Gasteiger partial charge in [0.25, 0.3) is 0 Å². The predicted octanol–water partition coefficient (Wildman–Crippen LogP) is 1.89. The van der Waals surface area contributed by atoms with Crippen LogP contribution in [0.3, 0.4) is 0 Å². The van der Waals surface area contributed by atoms with Gasteiger partial charge in [0.1, 0.15) is 5.75 Å². The molecular weight excluding hydrogens is 256 g/mol. The number of hydrogen-bond donors (Lipinski definition) is 2. The normalized spacial score (nSPS) is 10.2. The van der Waals surface area contributed by atoms with E-state index in [-0.39, 0.29) is 5.91 Å². The van der Waals surface area contributed by atoms with Gasteiger partial charge in [0.2, 0.25) is 5.91 Å². The molecule has 0 fully saturated rings. The molecule has 0 aliphatic carbocycles. The van der Waals surface area contributed by atoms with Crippen LogP contribution in [0.15, 0.2) is 36.7 Å². The van der Waals surface area contributed by atoms with Crippen molar-refractivity contribution in [2.75, 3.05) is 18.2 Å². The van der Waals surface area contributed by atoms with Crippen molar-refractivity contribution in [3.8, 4) is 5.75 Å². The van der Waals surface area contributed by atoms with Crippen molar-refractivity contribution in [3.05, 3.63) is 36.7 Å². The zero-order chi connectivity index (χ0) is 14.4. The maximum absolute atomic E-state index is 11.8. The standard InChI is InChI=1S/C14H18N4O2/c1-20-11-5-6-13(12(15)10-11)17-14(19)4-2-8-18-9-3-7-16-18/h3,5-7,9-10H,2,4,8,15H2,1H3,(H,17,19). The fourth-order valence-electron chi connectivity index (χ4n) is 1.83. The molecule has 0 radical (unpaired) electrons. The summed E-state index contributed by atoms with van der Waals surface area (Å²) in [6.45, 7) is 0.721. The van der Waals surface area contributed by atoms with Crippen LogP contribution in [-0.4, -0.2) is 22.8 Å². The molecule has 0 aliphatic heterocycles. The molecule has 1 heterocycles. The first-order valence-electron chi connectivity index (χ1n) is 6.40. The summed E-state index contributed by atoms with van der Waals surface area (Å²) in [6, 6.07) is 7.03. The maximum atomic E-state index is 11.8. The van der Waals surface area contributed by atoms with E-state index in [0.29, 0.717) is 23.5 Å². The van der Waals surface area contributed by atoms with Gasteiger partial charge in [-0.2, -0.15) is 5.10 Å². The van der Waals surface area contributed by atoms with Crippen molar-refractivity contribution in [2.24, 2.45) is 0 Å². The van der Waals surface area contributed by atoms with E-state index in [4.69, 9.17) is 10.5 Å². The molecule has 2 aromatic rings. The Morgan fingerprint density at radius 3 is 3.00 bits per heavy atom. The zero-order valence-corrected chi connectivity index (χ0v) is 11.4. The Hall–Kier alpha value is -2.50. The lowest BCUT2D eigenvalue weighted by Gasteiger charge is -2.09. The van der Waals surface area contributed by atoms with Crippen LogP contribution in [0.2, 0.25) is 0 Å². The number of aromatic nitrogens is 2. The first-order valence-corrected chi connectivity index (χ1v) is 6.40. The molecule has 0 aliphatic rings. The highest BCUT2D eigenvalue weighted by Gasteiger charge is 2.06. The van der Waals surface area contributed by atoms with Crippen molar-refractivity contribution < 1.29 is 9.53 Å². The molecule has 20 heavy (non-hydrogen) atoms. The third-order valence-electron chi connectivity index (χ3n) is 2.88. The van der Waals surface area contributed by atoms with E-state index in [1.165, 1.54) is 0 Å². The Morgan fingerprint density at radius 2 is 2.35 bits per heavy atom. The molecule has 6 heteroatoms.